The molecule has 0 atom stereocenters. The number of hydrogen-bond donors (Lipinski definition) is 3. The Bertz CT molecular complexity index is 777. The molecule has 0 aliphatic carbocycles. The molecule has 0 heterocycles. The van der Waals surface area contributed by atoms with Crippen molar-refractivity contribution in [2.24, 2.45) is 0 Å². The summed E-state index contributed by atoms with van der Waals surface area (Å²) < 4.78 is 0.658. The van der Waals surface area contributed by atoms with E-state index in [1.54, 1.807) is 48.5 Å². The third kappa shape index (κ3) is 5.20. The minimum Gasteiger partial charge on any atom is -0.343 e. The zero-order valence-electron chi connectivity index (χ0n) is 12.9. The second-order valence-electron chi connectivity index (χ2n) is 4.97. The number of anilines is 2. The van der Waals surface area contributed by atoms with E-state index in [2.05, 4.69) is 31.9 Å². The molecular weight excluding hydrogens is 374 g/mol. The predicted molar refractivity (Wildman–Crippen MR) is 95.9 cm³/mol. The van der Waals surface area contributed by atoms with Gasteiger partial charge in [-0.1, -0.05) is 18.2 Å². The molecule has 0 saturated carbocycles. The Morgan fingerprint density at radius 2 is 1.62 bits per heavy atom. The van der Waals surface area contributed by atoms with Gasteiger partial charge in [-0.3, -0.25) is 14.4 Å². The third-order valence-corrected chi connectivity index (χ3v) is 3.69. The van der Waals surface area contributed by atoms with Crippen molar-refractivity contribution >= 4 is 45.0 Å². The van der Waals surface area contributed by atoms with Crippen LogP contribution in [0, 0.1) is 0 Å². The maximum atomic E-state index is 12.0. The smallest absolute Gasteiger partial charge is 0.252 e. The van der Waals surface area contributed by atoms with Gasteiger partial charge in [-0.2, -0.15) is 0 Å². The molecule has 0 aliphatic rings. The average Bonchev–Trinajstić information content (AvgIpc) is 2.53. The lowest BCUT2D eigenvalue weighted by Gasteiger charge is -2.09. The van der Waals surface area contributed by atoms with Gasteiger partial charge in [0.15, 0.2) is 0 Å². The molecular formula is C17H16BrN3O3. The van der Waals surface area contributed by atoms with Gasteiger partial charge in [0.05, 0.1) is 12.1 Å². The van der Waals surface area contributed by atoms with E-state index in [9.17, 15) is 14.4 Å². The summed E-state index contributed by atoms with van der Waals surface area (Å²) in [6.07, 6.45) is 0. The van der Waals surface area contributed by atoms with E-state index in [-0.39, 0.29) is 24.3 Å². The van der Waals surface area contributed by atoms with Crippen LogP contribution >= 0.6 is 15.9 Å². The van der Waals surface area contributed by atoms with E-state index >= 15 is 0 Å². The quantitative estimate of drug-likeness (QED) is 0.734. The number of benzene rings is 2. The molecule has 0 aliphatic heterocycles. The van der Waals surface area contributed by atoms with Crippen molar-refractivity contribution in [2.75, 3.05) is 17.2 Å². The fraction of sp³-hybridized carbons (Fsp3) is 0.118. The van der Waals surface area contributed by atoms with Gasteiger partial charge in [-0.25, -0.2) is 0 Å². The summed E-state index contributed by atoms with van der Waals surface area (Å²) in [6.45, 7) is 1.24. The fourth-order valence-electron chi connectivity index (χ4n) is 1.98. The van der Waals surface area contributed by atoms with Crippen LogP contribution in [-0.2, 0) is 9.59 Å². The van der Waals surface area contributed by atoms with Gasteiger partial charge < -0.3 is 16.0 Å². The number of halogens is 1. The van der Waals surface area contributed by atoms with Gasteiger partial charge in [-0.15, -0.1) is 0 Å². The van der Waals surface area contributed by atoms with E-state index in [1.165, 1.54) is 6.92 Å². The number of carbonyl (C=O) groups excluding carboxylic acids is 3. The topological polar surface area (TPSA) is 87.3 Å². The van der Waals surface area contributed by atoms with Crippen LogP contribution in [0.2, 0.25) is 0 Å². The molecule has 0 bridgehead atoms. The molecule has 6 nitrogen and oxygen atoms in total. The molecule has 3 amide bonds. The summed E-state index contributed by atoms with van der Waals surface area (Å²) in [5, 5.41) is 7.85. The van der Waals surface area contributed by atoms with Crippen molar-refractivity contribution in [3.8, 4) is 0 Å². The zero-order chi connectivity index (χ0) is 17.5. The second-order valence-corrected chi connectivity index (χ2v) is 5.83. The SMILES string of the molecule is CC(=O)Nc1cccc(NC(=O)CNC(=O)c2ccccc2Br)c1. The standard InChI is InChI=1S/C17H16BrN3O3/c1-11(22)20-12-5-4-6-13(9-12)21-16(23)10-19-17(24)14-7-2-3-8-15(14)18/h2-9H,10H2,1H3,(H,19,24)(H,20,22)(H,21,23). The summed E-state index contributed by atoms with van der Waals surface area (Å²) in [7, 11) is 0. The van der Waals surface area contributed by atoms with E-state index in [1.807, 2.05) is 0 Å². The van der Waals surface area contributed by atoms with E-state index in [0.29, 0.717) is 21.4 Å². The second kappa shape index (κ2) is 8.26. The van der Waals surface area contributed by atoms with Crippen LogP contribution in [0.15, 0.2) is 53.0 Å². The highest BCUT2D eigenvalue weighted by Gasteiger charge is 2.11. The molecule has 2 rings (SSSR count). The van der Waals surface area contributed by atoms with E-state index < -0.39 is 0 Å². The Balaban J connectivity index is 1.91. The minimum atomic E-state index is -0.365. The van der Waals surface area contributed by atoms with Crippen LogP contribution in [0.1, 0.15) is 17.3 Å². The van der Waals surface area contributed by atoms with Crippen molar-refractivity contribution in [3.05, 3.63) is 58.6 Å². The van der Waals surface area contributed by atoms with Crippen molar-refractivity contribution in [3.63, 3.8) is 0 Å². The predicted octanol–water partition coefficient (Wildman–Crippen LogP) is 2.78. The molecule has 3 N–H and O–H groups in total. The van der Waals surface area contributed by atoms with Gasteiger partial charge in [0, 0.05) is 22.8 Å². The van der Waals surface area contributed by atoms with Crippen molar-refractivity contribution < 1.29 is 14.4 Å². The molecule has 7 heteroatoms. The lowest BCUT2D eigenvalue weighted by atomic mass is 10.2. The first-order valence-electron chi connectivity index (χ1n) is 7.16. The lowest BCUT2D eigenvalue weighted by molar-refractivity contribution is -0.115. The maximum absolute atomic E-state index is 12.0. The Morgan fingerprint density at radius 1 is 0.958 bits per heavy atom. The highest BCUT2D eigenvalue weighted by atomic mass is 79.9. The van der Waals surface area contributed by atoms with Crippen LogP contribution in [0.4, 0.5) is 11.4 Å². The first-order chi connectivity index (χ1) is 11.5. The first kappa shape index (κ1) is 17.7. The van der Waals surface area contributed by atoms with E-state index in [4.69, 9.17) is 0 Å². The molecule has 0 aromatic heterocycles. The number of hydrogen-bond acceptors (Lipinski definition) is 3. The van der Waals surface area contributed by atoms with Crippen LogP contribution in [0.25, 0.3) is 0 Å². The van der Waals surface area contributed by atoms with Gasteiger partial charge >= 0.3 is 0 Å². The summed E-state index contributed by atoms with van der Waals surface area (Å²) in [5.41, 5.74) is 1.57. The Hall–Kier alpha value is -2.67. The minimum absolute atomic E-state index is 0.162. The van der Waals surface area contributed by atoms with Crippen LogP contribution in [0.5, 0.6) is 0 Å². The van der Waals surface area contributed by atoms with Crippen molar-refractivity contribution in [1.29, 1.82) is 0 Å². The molecule has 124 valence electrons. The highest BCUT2D eigenvalue weighted by Crippen LogP contribution is 2.16. The molecule has 0 spiro atoms. The number of rotatable bonds is 5. The molecule has 2 aromatic rings. The molecule has 0 saturated heterocycles. The van der Waals surface area contributed by atoms with Crippen LogP contribution in [0.3, 0.4) is 0 Å². The van der Waals surface area contributed by atoms with Crippen molar-refractivity contribution in [2.45, 2.75) is 6.92 Å². The summed E-state index contributed by atoms with van der Waals surface area (Å²) >= 11 is 3.29. The third-order valence-electron chi connectivity index (χ3n) is 2.99. The monoisotopic (exact) mass is 389 g/mol. The van der Waals surface area contributed by atoms with Gasteiger partial charge in [0.25, 0.3) is 5.91 Å². The summed E-state index contributed by atoms with van der Waals surface area (Å²) in [4.78, 5) is 35.0. The highest BCUT2D eigenvalue weighted by molar-refractivity contribution is 9.10. The largest absolute Gasteiger partial charge is 0.343 e. The van der Waals surface area contributed by atoms with Gasteiger partial charge in [0.2, 0.25) is 11.8 Å². The molecule has 2 aromatic carbocycles. The van der Waals surface area contributed by atoms with Crippen LogP contribution in [-0.4, -0.2) is 24.3 Å². The normalized spacial score (nSPS) is 9.92. The molecule has 0 unspecified atom stereocenters. The summed E-state index contributed by atoms with van der Waals surface area (Å²) in [6, 6.07) is 13.7. The Morgan fingerprint density at radius 3 is 2.29 bits per heavy atom. The van der Waals surface area contributed by atoms with Gasteiger partial charge in [0.1, 0.15) is 0 Å². The van der Waals surface area contributed by atoms with Crippen molar-refractivity contribution in [1.82, 2.24) is 5.32 Å². The van der Waals surface area contributed by atoms with Gasteiger partial charge in [-0.05, 0) is 46.3 Å². The average molecular weight is 390 g/mol. The number of amides is 3. The Kier molecular flexibility index (Phi) is 6.08. The van der Waals surface area contributed by atoms with Crippen LogP contribution < -0.4 is 16.0 Å². The number of nitrogens with one attached hydrogen (secondary N) is 3. The molecule has 24 heavy (non-hydrogen) atoms. The maximum Gasteiger partial charge on any atom is 0.252 e. The molecule has 0 radical (unpaired) electrons. The first-order valence-corrected chi connectivity index (χ1v) is 7.95. The fourth-order valence-corrected chi connectivity index (χ4v) is 2.45. The Labute approximate surface area is 147 Å². The lowest BCUT2D eigenvalue weighted by Crippen LogP contribution is -2.33. The number of carbonyl (C=O) groups is 3. The molecule has 0 fully saturated rings. The zero-order valence-corrected chi connectivity index (χ0v) is 14.5. The van der Waals surface area contributed by atoms with E-state index in [0.717, 1.165) is 0 Å². The summed E-state index contributed by atoms with van der Waals surface area (Å²) in [5.74, 6) is -0.904.